The maximum absolute atomic E-state index is 10.6. The van der Waals surface area contributed by atoms with Crippen molar-refractivity contribution in [3.63, 3.8) is 0 Å². The van der Waals surface area contributed by atoms with Crippen molar-refractivity contribution in [3.8, 4) is 0 Å². The summed E-state index contributed by atoms with van der Waals surface area (Å²) in [5.41, 5.74) is 0. The van der Waals surface area contributed by atoms with E-state index in [9.17, 15) is 13.5 Å². The molecule has 0 saturated carbocycles. The van der Waals surface area contributed by atoms with Gasteiger partial charge in [0.05, 0.1) is 6.10 Å². The molecule has 24 heavy (non-hydrogen) atoms. The predicted molar refractivity (Wildman–Crippen MR) is 105 cm³/mol. The Hall–Kier alpha value is 0.636. The third-order valence-corrected chi connectivity index (χ3v) is 5.10. The van der Waals surface area contributed by atoms with E-state index in [1.54, 1.807) is 0 Å². The van der Waals surface area contributed by atoms with Crippen molar-refractivity contribution in [2.45, 2.75) is 109 Å². The minimum absolute atomic E-state index is 0. The molecule has 1 atom stereocenters. The van der Waals surface area contributed by atoms with Gasteiger partial charge in [-0.3, -0.25) is 4.55 Å². The molecule has 0 aromatic rings. The fourth-order valence-corrected chi connectivity index (χ4v) is 3.55. The molecule has 0 aromatic heterocycles. The average Bonchev–Trinajstić information content (AvgIpc) is 2.46. The number of aliphatic hydroxyl groups is 1. The Bertz CT molecular complexity index is 357. The van der Waals surface area contributed by atoms with Gasteiger partial charge in [0.15, 0.2) is 0 Å². The quantitative estimate of drug-likeness (QED) is 0.214. The van der Waals surface area contributed by atoms with Crippen LogP contribution >= 0.6 is 0 Å². The maximum Gasteiger partial charge on any atom is 2.00 e. The fraction of sp³-hybridized carbons (Fsp3) is 1.00. The van der Waals surface area contributed by atoms with Crippen molar-refractivity contribution in [1.82, 2.24) is 0 Å². The molecule has 0 aliphatic rings. The second kappa shape index (κ2) is 18.4. The minimum atomic E-state index is -4.04. The third kappa shape index (κ3) is 22.6. The molecule has 0 saturated heterocycles. The Morgan fingerprint density at radius 3 is 1.42 bits per heavy atom. The molecule has 0 amide bonds. The molecule has 0 aliphatic heterocycles. The van der Waals surface area contributed by atoms with Crippen molar-refractivity contribution in [3.05, 3.63) is 0 Å². The zero-order valence-corrected chi connectivity index (χ0v) is 17.9. The first-order chi connectivity index (χ1) is 11.0. The molecule has 0 bridgehead atoms. The summed E-state index contributed by atoms with van der Waals surface area (Å²) in [6, 6.07) is 0. The Kier molecular flexibility index (Phi) is 20.6. The van der Waals surface area contributed by atoms with E-state index in [-0.39, 0.29) is 25.9 Å². The summed E-state index contributed by atoms with van der Waals surface area (Å²) < 4.78 is 29.8. The second-order valence-electron chi connectivity index (χ2n) is 6.79. The number of hydrogen-bond acceptors (Lipinski definition) is 3. The zero-order chi connectivity index (χ0) is 17.4. The molecule has 144 valence electrons. The largest absolute Gasteiger partial charge is 2.00 e. The van der Waals surface area contributed by atoms with Crippen LogP contribution in [0.25, 0.3) is 0 Å². The summed E-state index contributed by atoms with van der Waals surface area (Å²) in [6.45, 7) is 2.25. The summed E-state index contributed by atoms with van der Waals surface area (Å²) in [6.07, 6.45) is 17.4. The topological polar surface area (TPSA) is 74.6 Å². The van der Waals surface area contributed by atoms with E-state index < -0.39 is 22.0 Å². The molecule has 0 radical (unpaired) electrons. The smallest absolute Gasteiger partial charge is 1.00 e. The van der Waals surface area contributed by atoms with E-state index in [1.807, 2.05) is 0 Å². The Balaban J connectivity index is -0.000000807. The van der Waals surface area contributed by atoms with Crippen molar-refractivity contribution in [2.24, 2.45) is 0 Å². The molecular formula is C18H40MgO4S. The van der Waals surface area contributed by atoms with E-state index >= 15 is 0 Å². The molecule has 1 unspecified atom stereocenters. The Morgan fingerprint density at radius 2 is 1.08 bits per heavy atom. The first-order valence-electron chi connectivity index (χ1n) is 9.59. The van der Waals surface area contributed by atoms with Gasteiger partial charge in [-0.25, -0.2) is 0 Å². The normalized spacial score (nSPS) is 12.8. The van der Waals surface area contributed by atoms with Gasteiger partial charge >= 0.3 is 23.1 Å². The summed E-state index contributed by atoms with van der Waals surface area (Å²) in [5, 5.41) is 9.44. The van der Waals surface area contributed by atoms with E-state index in [2.05, 4.69) is 6.92 Å². The first kappa shape index (κ1) is 26.9. The van der Waals surface area contributed by atoms with Crippen molar-refractivity contribution in [1.29, 1.82) is 0 Å². The van der Waals surface area contributed by atoms with Crippen molar-refractivity contribution < 1.29 is 20.9 Å². The van der Waals surface area contributed by atoms with Crippen LogP contribution in [0.4, 0.5) is 0 Å². The van der Waals surface area contributed by atoms with Crippen molar-refractivity contribution >= 4 is 33.2 Å². The number of hydrogen-bond donors (Lipinski definition) is 2. The van der Waals surface area contributed by atoms with Crippen LogP contribution in [-0.4, -0.2) is 53.0 Å². The molecule has 6 heteroatoms. The van der Waals surface area contributed by atoms with Gasteiger partial charge in [0.2, 0.25) is 0 Å². The van der Waals surface area contributed by atoms with Gasteiger partial charge in [-0.05, 0) is 6.42 Å². The Labute approximate surface area is 169 Å². The second-order valence-corrected chi connectivity index (χ2v) is 8.28. The van der Waals surface area contributed by atoms with Crippen LogP contribution in [0.1, 0.15) is 106 Å². The van der Waals surface area contributed by atoms with E-state index in [0.29, 0.717) is 6.42 Å². The molecule has 0 rings (SSSR count). The number of aliphatic hydroxyl groups excluding tert-OH is 1. The van der Waals surface area contributed by atoms with Gasteiger partial charge in [0, 0.05) is 0 Å². The third-order valence-electron chi connectivity index (χ3n) is 4.29. The van der Waals surface area contributed by atoms with Gasteiger partial charge in [-0.15, -0.1) is 0 Å². The molecule has 4 nitrogen and oxygen atoms in total. The van der Waals surface area contributed by atoms with E-state index in [1.165, 1.54) is 70.6 Å². The molecule has 2 N–H and O–H groups in total. The van der Waals surface area contributed by atoms with Gasteiger partial charge in [0.25, 0.3) is 10.1 Å². The molecule has 0 aliphatic carbocycles. The van der Waals surface area contributed by atoms with E-state index in [0.717, 1.165) is 19.3 Å². The van der Waals surface area contributed by atoms with Crippen LogP contribution in [0.2, 0.25) is 0 Å². The summed E-state index contributed by atoms with van der Waals surface area (Å²) in [4.78, 5) is 0. The van der Waals surface area contributed by atoms with Gasteiger partial charge in [-0.2, -0.15) is 8.42 Å². The number of rotatable bonds is 17. The summed E-state index contributed by atoms with van der Waals surface area (Å²) in [7, 11) is -4.04. The van der Waals surface area contributed by atoms with Crippen LogP contribution < -0.4 is 0 Å². The molecule has 0 heterocycles. The van der Waals surface area contributed by atoms with Crippen LogP contribution in [0.5, 0.6) is 0 Å². The maximum atomic E-state index is 10.6. The van der Waals surface area contributed by atoms with Crippen LogP contribution in [0, 0.1) is 0 Å². The van der Waals surface area contributed by atoms with E-state index in [4.69, 9.17) is 4.55 Å². The number of unbranched alkanes of at least 4 members (excludes halogenated alkanes) is 13. The van der Waals surface area contributed by atoms with Gasteiger partial charge < -0.3 is 7.96 Å². The Morgan fingerprint density at radius 1 is 0.750 bits per heavy atom. The molecule has 0 spiro atoms. The first-order valence-corrected chi connectivity index (χ1v) is 11.2. The predicted octanol–water partition coefficient (Wildman–Crippen LogP) is 4.95. The monoisotopic (exact) mass is 376 g/mol. The summed E-state index contributed by atoms with van der Waals surface area (Å²) >= 11 is 0. The van der Waals surface area contributed by atoms with Crippen LogP contribution in [0.15, 0.2) is 0 Å². The van der Waals surface area contributed by atoms with Crippen LogP contribution in [0.3, 0.4) is 0 Å². The summed E-state index contributed by atoms with van der Waals surface area (Å²) in [5.74, 6) is -0.536. The standard InChI is InChI=1S/C18H38O4S.Mg.2H/c1-2-3-4-5-6-7-8-9-10-11-12-13-14-15-16-18(19)17-23(20,21)22;;;/h18-19H,2-17H2,1H3,(H,20,21,22);;;/q;+2;2*-1. The molecule has 0 fully saturated rings. The fourth-order valence-electron chi connectivity index (χ4n) is 2.90. The SMILES string of the molecule is CCCCCCCCCCCCCCCCC(O)CS(=O)(=O)O.[H-].[H-].[Mg+2]. The van der Waals surface area contributed by atoms with Crippen molar-refractivity contribution in [2.75, 3.05) is 5.75 Å². The molecule has 0 aromatic carbocycles. The van der Waals surface area contributed by atoms with Gasteiger partial charge in [0.1, 0.15) is 5.75 Å². The van der Waals surface area contributed by atoms with Crippen LogP contribution in [-0.2, 0) is 10.1 Å². The molecular weight excluding hydrogens is 337 g/mol. The average molecular weight is 377 g/mol. The van der Waals surface area contributed by atoms with Gasteiger partial charge in [-0.1, -0.05) is 96.8 Å². The minimum Gasteiger partial charge on any atom is -1.00 e. The zero-order valence-electron chi connectivity index (χ0n) is 17.7.